The SMILES string of the molecule is N#CC(=Cc1ccc(OCC(N)=O)cc1)C(=O)Nc1ccc([N+](=O)[O-])cc1Cl. The lowest BCUT2D eigenvalue weighted by molar-refractivity contribution is -0.384. The highest BCUT2D eigenvalue weighted by Crippen LogP contribution is 2.27. The molecule has 2 aromatic rings. The molecule has 0 heterocycles. The molecule has 9 nitrogen and oxygen atoms in total. The second-order valence-electron chi connectivity index (χ2n) is 5.37. The van der Waals surface area contributed by atoms with Crippen LogP contribution in [-0.4, -0.2) is 23.3 Å². The zero-order chi connectivity index (χ0) is 20.7. The second-order valence-corrected chi connectivity index (χ2v) is 5.78. The minimum atomic E-state index is -0.729. The fourth-order valence-corrected chi connectivity index (χ4v) is 2.26. The number of nitro benzene ring substituents is 1. The third kappa shape index (κ3) is 5.55. The molecule has 2 rings (SSSR count). The number of halogens is 1. The lowest BCUT2D eigenvalue weighted by Gasteiger charge is -2.07. The molecule has 0 saturated carbocycles. The van der Waals surface area contributed by atoms with E-state index in [2.05, 4.69) is 5.32 Å². The molecule has 0 aliphatic rings. The maximum atomic E-state index is 12.3. The van der Waals surface area contributed by atoms with E-state index in [1.54, 1.807) is 30.3 Å². The smallest absolute Gasteiger partial charge is 0.271 e. The normalized spacial score (nSPS) is 10.6. The molecule has 0 aromatic heterocycles. The topological polar surface area (TPSA) is 148 Å². The van der Waals surface area contributed by atoms with Crippen LogP contribution in [0.3, 0.4) is 0 Å². The van der Waals surface area contributed by atoms with Gasteiger partial charge in [0.05, 0.1) is 15.6 Å². The van der Waals surface area contributed by atoms with Gasteiger partial charge in [-0.15, -0.1) is 0 Å². The molecule has 0 saturated heterocycles. The zero-order valence-electron chi connectivity index (χ0n) is 14.2. The molecule has 0 unspecified atom stereocenters. The van der Waals surface area contributed by atoms with Gasteiger partial charge in [-0.25, -0.2) is 0 Å². The Labute approximate surface area is 164 Å². The van der Waals surface area contributed by atoms with Gasteiger partial charge in [-0.3, -0.25) is 19.7 Å². The Balaban J connectivity index is 2.14. The van der Waals surface area contributed by atoms with E-state index in [9.17, 15) is 25.0 Å². The standard InChI is InChI=1S/C18H13ClN4O5/c19-15-8-13(23(26)27)3-6-16(15)22-18(25)12(9-20)7-11-1-4-14(5-2-11)28-10-17(21)24/h1-8H,10H2,(H2,21,24)(H,22,25). The molecule has 0 bridgehead atoms. The number of nitrogens with zero attached hydrogens (tertiary/aromatic N) is 2. The van der Waals surface area contributed by atoms with Crippen molar-refractivity contribution in [2.45, 2.75) is 0 Å². The second kappa shape index (κ2) is 9.16. The molecule has 10 heteroatoms. The van der Waals surface area contributed by atoms with Gasteiger partial charge in [0.2, 0.25) is 0 Å². The monoisotopic (exact) mass is 400 g/mol. The Hall–Kier alpha value is -3.90. The van der Waals surface area contributed by atoms with Gasteiger partial charge < -0.3 is 15.8 Å². The number of non-ortho nitro benzene ring substituents is 1. The summed E-state index contributed by atoms with van der Waals surface area (Å²) in [7, 11) is 0. The third-order valence-corrected chi connectivity index (χ3v) is 3.66. The Morgan fingerprint density at radius 2 is 1.96 bits per heavy atom. The number of nitrogens with one attached hydrogen (secondary N) is 1. The molecule has 142 valence electrons. The van der Waals surface area contributed by atoms with Crippen LogP contribution in [0.5, 0.6) is 5.75 Å². The molecular weight excluding hydrogens is 388 g/mol. The van der Waals surface area contributed by atoms with E-state index < -0.39 is 16.7 Å². The molecule has 0 radical (unpaired) electrons. The Morgan fingerprint density at radius 3 is 2.50 bits per heavy atom. The Kier molecular flexibility index (Phi) is 6.68. The first-order valence-corrected chi connectivity index (χ1v) is 8.06. The summed E-state index contributed by atoms with van der Waals surface area (Å²) in [6.45, 7) is -0.267. The van der Waals surface area contributed by atoms with Crippen molar-refractivity contribution in [2.75, 3.05) is 11.9 Å². The van der Waals surface area contributed by atoms with Crippen molar-refractivity contribution in [3.63, 3.8) is 0 Å². The molecular formula is C18H13ClN4O5. The number of nitro groups is 1. The number of carbonyl (C=O) groups is 2. The van der Waals surface area contributed by atoms with Gasteiger partial charge in [0, 0.05) is 12.1 Å². The molecule has 2 amide bonds. The number of hydrogen-bond donors (Lipinski definition) is 2. The van der Waals surface area contributed by atoms with Crippen LogP contribution in [0.1, 0.15) is 5.56 Å². The van der Waals surface area contributed by atoms with E-state index in [1.807, 2.05) is 0 Å². The average Bonchev–Trinajstić information content (AvgIpc) is 2.66. The summed E-state index contributed by atoms with van der Waals surface area (Å²) in [5.74, 6) is -0.943. The predicted molar refractivity (Wildman–Crippen MR) is 101 cm³/mol. The minimum Gasteiger partial charge on any atom is -0.484 e. The van der Waals surface area contributed by atoms with Gasteiger partial charge in [-0.2, -0.15) is 5.26 Å². The molecule has 2 aromatic carbocycles. The number of nitriles is 1. The van der Waals surface area contributed by atoms with Gasteiger partial charge in [0.15, 0.2) is 6.61 Å². The van der Waals surface area contributed by atoms with Crippen molar-refractivity contribution in [3.8, 4) is 11.8 Å². The van der Waals surface area contributed by atoms with Crippen molar-refractivity contribution in [2.24, 2.45) is 5.73 Å². The van der Waals surface area contributed by atoms with E-state index in [4.69, 9.17) is 22.1 Å². The van der Waals surface area contributed by atoms with Crippen molar-refractivity contribution >= 4 is 40.9 Å². The summed E-state index contributed by atoms with van der Waals surface area (Å²) in [4.78, 5) is 33.1. The van der Waals surface area contributed by atoms with E-state index >= 15 is 0 Å². The first kappa shape index (κ1) is 20.4. The van der Waals surface area contributed by atoms with Crippen molar-refractivity contribution in [3.05, 3.63) is 68.7 Å². The number of nitrogens with two attached hydrogens (primary N) is 1. The first-order chi connectivity index (χ1) is 13.3. The molecule has 3 N–H and O–H groups in total. The van der Waals surface area contributed by atoms with Crippen molar-refractivity contribution < 1.29 is 19.2 Å². The minimum absolute atomic E-state index is 0.0317. The number of rotatable bonds is 7. The predicted octanol–water partition coefficient (Wildman–Crippen LogP) is 2.66. The Morgan fingerprint density at radius 1 is 1.29 bits per heavy atom. The van der Waals surface area contributed by atoms with Gasteiger partial charge in [0.25, 0.3) is 17.5 Å². The first-order valence-electron chi connectivity index (χ1n) is 7.68. The Bertz CT molecular complexity index is 996. The van der Waals surface area contributed by atoms with E-state index in [-0.39, 0.29) is 28.6 Å². The van der Waals surface area contributed by atoms with Crippen LogP contribution in [-0.2, 0) is 9.59 Å². The summed E-state index contributed by atoms with van der Waals surface area (Å²) in [6.07, 6.45) is 1.34. The number of carbonyl (C=O) groups excluding carboxylic acids is 2. The molecule has 0 aliphatic carbocycles. The maximum absolute atomic E-state index is 12.3. The van der Waals surface area contributed by atoms with Crippen LogP contribution >= 0.6 is 11.6 Å². The largest absolute Gasteiger partial charge is 0.484 e. The van der Waals surface area contributed by atoms with Gasteiger partial charge >= 0.3 is 0 Å². The zero-order valence-corrected chi connectivity index (χ0v) is 15.0. The molecule has 0 atom stereocenters. The quantitative estimate of drug-likeness (QED) is 0.316. The number of hydrogen-bond acceptors (Lipinski definition) is 6. The lowest BCUT2D eigenvalue weighted by atomic mass is 10.1. The van der Waals surface area contributed by atoms with E-state index in [0.717, 1.165) is 6.07 Å². The van der Waals surface area contributed by atoms with Crippen LogP contribution in [0.4, 0.5) is 11.4 Å². The lowest BCUT2D eigenvalue weighted by Crippen LogP contribution is -2.19. The number of anilines is 1. The van der Waals surface area contributed by atoms with Crippen LogP contribution < -0.4 is 15.8 Å². The van der Waals surface area contributed by atoms with Crippen LogP contribution in [0.15, 0.2) is 48.0 Å². The summed E-state index contributed by atoms with van der Waals surface area (Å²) in [5, 5.41) is 22.4. The summed E-state index contributed by atoms with van der Waals surface area (Å²) in [5.41, 5.74) is 5.22. The van der Waals surface area contributed by atoms with Gasteiger partial charge in [0.1, 0.15) is 17.4 Å². The number of ether oxygens (including phenoxy) is 1. The van der Waals surface area contributed by atoms with Gasteiger partial charge in [-0.05, 0) is 29.8 Å². The highest BCUT2D eigenvalue weighted by atomic mass is 35.5. The number of amides is 2. The molecule has 0 spiro atoms. The fraction of sp³-hybridized carbons (Fsp3) is 0.0556. The third-order valence-electron chi connectivity index (χ3n) is 3.35. The average molecular weight is 401 g/mol. The summed E-state index contributed by atoms with van der Waals surface area (Å²) in [6, 6.07) is 11.6. The molecule has 28 heavy (non-hydrogen) atoms. The van der Waals surface area contributed by atoms with Crippen molar-refractivity contribution in [1.29, 1.82) is 5.26 Å². The fourth-order valence-electron chi connectivity index (χ4n) is 2.04. The molecule has 0 aliphatic heterocycles. The summed E-state index contributed by atoms with van der Waals surface area (Å²) >= 11 is 5.93. The van der Waals surface area contributed by atoms with E-state index in [0.29, 0.717) is 11.3 Å². The van der Waals surface area contributed by atoms with Crippen LogP contribution in [0.25, 0.3) is 6.08 Å². The number of benzene rings is 2. The molecule has 0 fully saturated rings. The maximum Gasteiger partial charge on any atom is 0.271 e. The number of primary amides is 1. The van der Waals surface area contributed by atoms with Crippen LogP contribution in [0.2, 0.25) is 5.02 Å². The van der Waals surface area contributed by atoms with Gasteiger partial charge in [-0.1, -0.05) is 23.7 Å². The van der Waals surface area contributed by atoms with Crippen LogP contribution in [0, 0.1) is 21.4 Å². The highest BCUT2D eigenvalue weighted by Gasteiger charge is 2.14. The van der Waals surface area contributed by atoms with Crippen molar-refractivity contribution in [1.82, 2.24) is 0 Å². The highest BCUT2D eigenvalue weighted by molar-refractivity contribution is 6.34. The summed E-state index contributed by atoms with van der Waals surface area (Å²) < 4.78 is 5.12. The van der Waals surface area contributed by atoms with E-state index in [1.165, 1.54) is 18.2 Å².